The summed E-state index contributed by atoms with van der Waals surface area (Å²) in [6, 6.07) is 15.3. The van der Waals surface area contributed by atoms with E-state index < -0.39 is 0 Å². The van der Waals surface area contributed by atoms with Crippen LogP contribution in [0.1, 0.15) is 37.5 Å². The topological polar surface area (TPSA) is 3.24 Å². The normalized spacial score (nSPS) is 13.7. The highest BCUT2D eigenvalue weighted by Gasteiger charge is 2.27. The third-order valence-electron chi connectivity index (χ3n) is 3.71. The van der Waals surface area contributed by atoms with Crippen LogP contribution in [0.3, 0.4) is 0 Å². The van der Waals surface area contributed by atoms with Crippen molar-refractivity contribution < 1.29 is 0 Å². The monoisotopic (exact) mass is 263 g/mol. The van der Waals surface area contributed by atoms with E-state index in [1.165, 1.54) is 28.1 Å². The molecule has 0 N–H and O–H groups in total. The summed E-state index contributed by atoms with van der Waals surface area (Å²) in [5.74, 6) is 0. The minimum Gasteiger partial charge on any atom is -0.335 e. The van der Waals surface area contributed by atoms with Crippen LogP contribution in [0.15, 0.2) is 42.5 Å². The number of hydrogen-bond donors (Lipinski definition) is 0. The van der Waals surface area contributed by atoms with Gasteiger partial charge in [0, 0.05) is 16.9 Å². The SMILES string of the molecule is Cc1ccc2c(c1)C=Cc1ccccc1N2C(C)(C)C. The van der Waals surface area contributed by atoms with Crippen molar-refractivity contribution in [1.29, 1.82) is 0 Å². The minimum atomic E-state index is 0.0339. The Morgan fingerprint density at radius 2 is 1.45 bits per heavy atom. The number of para-hydroxylation sites is 1. The predicted octanol–water partition coefficient (Wildman–Crippen LogP) is 5.42. The lowest BCUT2D eigenvalue weighted by Gasteiger charge is -2.39. The first kappa shape index (κ1) is 13.0. The van der Waals surface area contributed by atoms with Crippen LogP contribution in [-0.2, 0) is 0 Å². The van der Waals surface area contributed by atoms with Gasteiger partial charge < -0.3 is 4.90 Å². The first-order valence-corrected chi connectivity index (χ1v) is 7.15. The third kappa shape index (κ3) is 2.14. The summed E-state index contributed by atoms with van der Waals surface area (Å²) in [6.07, 6.45) is 4.45. The second-order valence-corrected chi connectivity index (χ2v) is 6.46. The first-order valence-electron chi connectivity index (χ1n) is 7.15. The van der Waals surface area contributed by atoms with E-state index >= 15 is 0 Å². The van der Waals surface area contributed by atoms with Crippen LogP contribution >= 0.6 is 0 Å². The van der Waals surface area contributed by atoms with Crippen molar-refractivity contribution in [1.82, 2.24) is 0 Å². The van der Waals surface area contributed by atoms with Gasteiger partial charge in [0.2, 0.25) is 0 Å². The zero-order valence-corrected chi connectivity index (χ0v) is 12.6. The van der Waals surface area contributed by atoms with E-state index in [-0.39, 0.29) is 5.54 Å². The Morgan fingerprint density at radius 3 is 2.20 bits per heavy atom. The Kier molecular flexibility index (Phi) is 2.93. The number of rotatable bonds is 0. The number of nitrogens with zero attached hydrogens (tertiary/aromatic N) is 1. The molecule has 20 heavy (non-hydrogen) atoms. The Hall–Kier alpha value is -2.02. The Morgan fingerprint density at radius 1 is 0.800 bits per heavy atom. The van der Waals surface area contributed by atoms with Gasteiger partial charge in [-0.15, -0.1) is 0 Å². The zero-order valence-electron chi connectivity index (χ0n) is 12.6. The van der Waals surface area contributed by atoms with Crippen molar-refractivity contribution >= 4 is 23.5 Å². The summed E-state index contributed by atoms with van der Waals surface area (Å²) < 4.78 is 0. The van der Waals surface area contributed by atoms with Crippen LogP contribution < -0.4 is 4.90 Å². The first-order chi connectivity index (χ1) is 9.47. The Balaban J connectivity index is 2.31. The molecule has 102 valence electrons. The van der Waals surface area contributed by atoms with Crippen LogP contribution in [0.4, 0.5) is 11.4 Å². The molecular weight excluding hydrogens is 242 g/mol. The van der Waals surface area contributed by atoms with Crippen molar-refractivity contribution in [3.63, 3.8) is 0 Å². The maximum atomic E-state index is 2.44. The average molecular weight is 263 g/mol. The number of benzene rings is 2. The van der Waals surface area contributed by atoms with Crippen molar-refractivity contribution in [3.8, 4) is 0 Å². The maximum Gasteiger partial charge on any atom is 0.0489 e. The summed E-state index contributed by atoms with van der Waals surface area (Å²) in [4.78, 5) is 2.44. The smallest absolute Gasteiger partial charge is 0.0489 e. The predicted molar refractivity (Wildman–Crippen MR) is 88.4 cm³/mol. The number of aryl methyl sites for hydroxylation is 1. The van der Waals surface area contributed by atoms with Gasteiger partial charge in [-0.2, -0.15) is 0 Å². The fourth-order valence-corrected chi connectivity index (χ4v) is 2.88. The molecule has 0 bridgehead atoms. The number of fused-ring (bicyclic) bond motifs is 2. The van der Waals surface area contributed by atoms with E-state index in [1.807, 2.05) is 0 Å². The van der Waals surface area contributed by atoms with E-state index in [9.17, 15) is 0 Å². The van der Waals surface area contributed by atoms with E-state index in [0.717, 1.165) is 0 Å². The van der Waals surface area contributed by atoms with Crippen molar-refractivity contribution in [2.24, 2.45) is 0 Å². The van der Waals surface area contributed by atoms with Gasteiger partial charge in [0.15, 0.2) is 0 Å². The highest BCUT2D eigenvalue weighted by atomic mass is 15.2. The van der Waals surface area contributed by atoms with Crippen molar-refractivity contribution in [2.45, 2.75) is 33.2 Å². The number of hydrogen-bond acceptors (Lipinski definition) is 1. The molecule has 2 aromatic carbocycles. The highest BCUT2D eigenvalue weighted by Crippen LogP contribution is 2.41. The van der Waals surface area contributed by atoms with E-state index in [1.54, 1.807) is 0 Å². The van der Waals surface area contributed by atoms with Crippen LogP contribution in [0.25, 0.3) is 12.2 Å². The van der Waals surface area contributed by atoms with E-state index in [0.29, 0.717) is 0 Å². The van der Waals surface area contributed by atoms with E-state index in [2.05, 4.69) is 87.2 Å². The van der Waals surface area contributed by atoms with Crippen LogP contribution in [0.5, 0.6) is 0 Å². The van der Waals surface area contributed by atoms with Gasteiger partial charge in [0.25, 0.3) is 0 Å². The molecule has 0 saturated heterocycles. The molecule has 1 aliphatic heterocycles. The molecular formula is C19H21N. The second-order valence-electron chi connectivity index (χ2n) is 6.46. The second kappa shape index (κ2) is 4.52. The fraction of sp³-hybridized carbons (Fsp3) is 0.263. The zero-order chi connectivity index (χ0) is 14.3. The highest BCUT2D eigenvalue weighted by molar-refractivity contribution is 5.89. The average Bonchev–Trinajstić information content (AvgIpc) is 2.54. The molecule has 1 aliphatic rings. The third-order valence-corrected chi connectivity index (χ3v) is 3.71. The molecule has 0 aromatic heterocycles. The molecule has 0 spiro atoms. The molecule has 2 aromatic rings. The summed E-state index contributed by atoms with van der Waals surface area (Å²) in [5, 5.41) is 0. The largest absolute Gasteiger partial charge is 0.335 e. The molecule has 0 unspecified atom stereocenters. The van der Waals surface area contributed by atoms with Crippen LogP contribution in [-0.4, -0.2) is 5.54 Å². The fourth-order valence-electron chi connectivity index (χ4n) is 2.88. The Labute approximate surface area is 121 Å². The van der Waals surface area contributed by atoms with Gasteiger partial charge in [-0.25, -0.2) is 0 Å². The van der Waals surface area contributed by atoms with Crippen molar-refractivity contribution in [2.75, 3.05) is 4.90 Å². The summed E-state index contributed by atoms with van der Waals surface area (Å²) in [5.41, 5.74) is 6.45. The molecule has 0 fully saturated rings. The van der Waals surface area contributed by atoms with Gasteiger partial charge in [-0.05, 0) is 57.0 Å². The summed E-state index contributed by atoms with van der Waals surface area (Å²) >= 11 is 0. The lowest BCUT2D eigenvalue weighted by atomic mass is 10.00. The molecule has 3 rings (SSSR count). The van der Waals surface area contributed by atoms with Gasteiger partial charge in [0.1, 0.15) is 0 Å². The summed E-state index contributed by atoms with van der Waals surface area (Å²) in [6.45, 7) is 8.93. The van der Waals surface area contributed by atoms with Crippen LogP contribution in [0.2, 0.25) is 0 Å². The van der Waals surface area contributed by atoms with Gasteiger partial charge in [-0.1, -0.05) is 42.0 Å². The Bertz CT molecular complexity index is 674. The molecule has 1 heterocycles. The molecule has 0 amide bonds. The molecule has 0 saturated carbocycles. The van der Waals surface area contributed by atoms with Crippen LogP contribution in [0, 0.1) is 6.92 Å². The van der Waals surface area contributed by atoms with Gasteiger partial charge in [0.05, 0.1) is 0 Å². The quantitative estimate of drug-likeness (QED) is 0.614. The van der Waals surface area contributed by atoms with Gasteiger partial charge in [-0.3, -0.25) is 0 Å². The summed E-state index contributed by atoms with van der Waals surface area (Å²) in [7, 11) is 0. The lowest BCUT2D eigenvalue weighted by Crippen LogP contribution is -2.38. The van der Waals surface area contributed by atoms with E-state index in [4.69, 9.17) is 0 Å². The molecule has 1 heteroatoms. The molecule has 0 aliphatic carbocycles. The van der Waals surface area contributed by atoms with Gasteiger partial charge >= 0.3 is 0 Å². The molecule has 0 radical (unpaired) electrons. The molecule has 0 atom stereocenters. The lowest BCUT2D eigenvalue weighted by molar-refractivity contribution is 0.560. The molecule has 1 nitrogen and oxygen atoms in total. The number of anilines is 2. The standard InChI is InChI=1S/C19H21N/c1-14-9-12-18-16(13-14)11-10-15-7-5-6-8-17(15)20(18)19(2,3)4/h5-13H,1-4H3. The minimum absolute atomic E-state index is 0.0339. The van der Waals surface area contributed by atoms with Crippen molar-refractivity contribution in [3.05, 3.63) is 59.2 Å². The maximum absolute atomic E-state index is 2.44.